The summed E-state index contributed by atoms with van der Waals surface area (Å²) in [7, 11) is 0. The van der Waals surface area contributed by atoms with Crippen molar-refractivity contribution in [3.63, 3.8) is 0 Å². The molecule has 2 heterocycles. The fourth-order valence-corrected chi connectivity index (χ4v) is 6.53. The summed E-state index contributed by atoms with van der Waals surface area (Å²) in [5, 5.41) is 0. The number of rotatable bonds is 6. The van der Waals surface area contributed by atoms with E-state index in [9.17, 15) is 0 Å². The molecule has 2 aliphatic rings. The van der Waals surface area contributed by atoms with Crippen molar-refractivity contribution in [2.24, 2.45) is 0 Å². The van der Waals surface area contributed by atoms with Crippen molar-refractivity contribution in [2.45, 2.75) is 40.7 Å². The molecule has 1 fully saturated rings. The molecule has 3 aromatic carbocycles. The molecule has 2 aliphatic heterocycles. The minimum Gasteiger partial charge on any atom is -0.378 e. The molecule has 0 spiro atoms. The van der Waals surface area contributed by atoms with Gasteiger partial charge < -0.3 is 13.9 Å². The number of aryl methyl sites for hydroxylation is 1. The molecule has 0 amide bonds. The Kier molecular flexibility index (Phi) is 7.24. The Labute approximate surface area is 227 Å². The summed E-state index contributed by atoms with van der Waals surface area (Å²) in [5.41, 5.74) is 16.9. The van der Waals surface area contributed by atoms with Gasteiger partial charge in [0.2, 0.25) is 0 Å². The highest BCUT2D eigenvalue weighted by Gasteiger charge is 2.30. The van der Waals surface area contributed by atoms with Gasteiger partial charge in [-0.15, -0.1) is 0 Å². The van der Waals surface area contributed by atoms with Crippen molar-refractivity contribution < 1.29 is 4.74 Å². The Morgan fingerprint density at radius 2 is 1.65 bits per heavy atom. The lowest BCUT2D eigenvalue weighted by atomic mass is 9.80. The monoisotopic (exact) mass is 510 g/mol. The molecule has 0 N–H and O–H groups in total. The highest BCUT2D eigenvalue weighted by atomic mass is 32.2. The van der Waals surface area contributed by atoms with Gasteiger partial charge in [-0.2, -0.15) is 0 Å². The maximum Gasteiger partial charge on any atom is 0.0642 e. The minimum atomic E-state index is 0.763. The van der Waals surface area contributed by atoms with E-state index in [-0.39, 0.29) is 0 Å². The summed E-state index contributed by atoms with van der Waals surface area (Å²) >= 11 is 1.81. The van der Waals surface area contributed by atoms with Crippen molar-refractivity contribution in [3.05, 3.63) is 94.6 Å². The smallest absolute Gasteiger partial charge is 0.0642 e. The summed E-state index contributed by atoms with van der Waals surface area (Å²) in [4.78, 5) is 2.36. The third-order valence-corrected chi connectivity index (χ3v) is 8.56. The quantitative estimate of drug-likeness (QED) is 0.247. The van der Waals surface area contributed by atoms with Crippen LogP contribution < -0.4 is 4.31 Å². The van der Waals surface area contributed by atoms with Gasteiger partial charge in [0, 0.05) is 30.6 Å². The number of fused-ring (bicyclic) bond motifs is 3. The van der Waals surface area contributed by atoms with Gasteiger partial charge >= 0.3 is 0 Å². The summed E-state index contributed by atoms with van der Waals surface area (Å²) in [5.74, 6) is 0. The topological polar surface area (TPSA) is 15.7 Å². The standard InChI is InChI=1S/C33H38N2OS/c1-21(2)18-29-23(4)33-32(24(5)31(29)26-10-8-22(3)9-11-26)30-19-27(12-13-28(30)20-35(33)37-7)25(6)34-14-16-36-17-15-34/h8-13,19H,1,6,14-18,20H2,2-5,7H3. The van der Waals surface area contributed by atoms with E-state index < -0.39 is 0 Å². The fourth-order valence-electron chi connectivity index (χ4n) is 5.85. The first-order chi connectivity index (χ1) is 17.8. The molecule has 1 saturated heterocycles. The van der Waals surface area contributed by atoms with Crippen molar-refractivity contribution in [1.29, 1.82) is 0 Å². The summed E-state index contributed by atoms with van der Waals surface area (Å²) < 4.78 is 8.05. The molecule has 37 heavy (non-hydrogen) atoms. The molecule has 3 nitrogen and oxygen atoms in total. The van der Waals surface area contributed by atoms with Gasteiger partial charge in [-0.05, 0) is 84.7 Å². The molecule has 0 radical (unpaired) electrons. The van der Waals surface area contributed by atoms with Crippen molar-refractivity contribution in [1.82, 2.24) is 4.90 Å². The van der Waals surface area contributed by atoms with Gasteiger partial charge in [0.1, 0.15) is 0 Å². The summed E-state index contributed by atoms with van der Waals surface area (Å²) in [6.45, 7) is 21.9. The van der Waals surface area contributed by atoms with Crippen molar-refractivity contribution in [2.75, 3.05) is 36.9 Å². The summed E-state index contributed by atoms with van der Waals surface area (Å²) in [6, 6.07) is 15.9. The molecule has 3 aromatic rings. The number of allylic oxidation sites excluding steroid dienone is 1. The van der Waals surface area contributed by atoms with Crippen LogP contribution in [0.4, 0.5) is 5.69 Å². The second-order valence-electron chi connectivity index (χ2n) is 10.5. The van der Waals surface area contributed by atoms with Gasteiger partial charge in [-0.25, -0.2) is 0 Å². The number of benzene rings is 3. The Bertz CT molecular complexity index is 1370. The predicted molar refractivity (Wildman–Crippen MR) is 161 cm³/mol. The van der Waals surface area contributed by atoms with Crippen molar-refractivity contribution in [3.8, 4) is 22.3 Å². The number of anilines is 1. The highest BCUT2D eigenvalue weighted by Crippen LogP contribution is 2.50. The third kappa shape index (κ3) is 4.73. The first-order valence-electron chi connectivity index (χ1n) is 13.1. The number of morpholine rings is 1. The molecule has 0 saturated carbocycles. The lowest BCUT2D eigenvalue weighted by Gasteiger charge is -2.36. The maximum atomic E-state index is 5.58. The molecule has 0 atom stereocenters. The van der Waals surface area contributed by atoms with E-state index >= 15 is 0 Å². The molecule has 0 bridgehead atoms. The zero-order valence-corrected chi connectivity index (χ0v) is 23.7. The molecule has 0 unspecified atom stereocenters. The third-order valence-electron chi connectivity index (χ3n) is 7.80. The average Bonchev–Trinajstić information content (AvgIpc) is 2.91. The van der Waals surface area contributed by atoms with Crippen LogP contribution in [-0.4, -0.2) is 37.5 Å². The van der Waals surface area contributed by atoms with Crippen LogP contribution in [0.25, 0.3) is 28.0 Å². The molecule has 192 valence electrons. The van der Waals surface area contributed by atoms with Crippen molar-refractivity contribution >= 4 is 23.3 Å². The van der Waals surface area contributed by atoms with E-state index in [0.717, 1.165) is 45.0 Å². The van der Waals surface area contributed by atoms with Gasteiger partial charge in [0.05, 0.1) is 25.4 Å². The fraction of sp³-hybridized carbons (Fsp3) is 0.333. The first-order valence-corrected chi connectivity index (χ1v) is 14.3. The number of hydrogen-bond acceptors (Lipinski definition) is 4. The van der Waals surface area contributed by atoms with E-state index in [1.54, 1.807) is 0 Å². The predicted octanol–water partition coefficient (Wildman–Crippen LogP) is 7.97. The Balaban J connectivity index is 1.75. The van der Waals surface area contributed by atoms with Crippen LogP contribution >= 0.6 is 11.9 Å². The van der Waals surface area contributed by atoms with Gasteiger partial charge in [-0.1, -0.05) is 72.6 Å². The molecular weight excluding hydrogens is 472 g/mol. The van der Waals surface area contributed by atoms with Crippen LogP contribution in [0.1, 0.15) is 40.3 Å². The number of nitrogens with zero attached hydrogens (tertiary/aromatic N) is 2. The van der Waals surface area contributed by atoms with Gasteiger partial charge in [-0.3, -0.25) is 0 Å². The van der Waals surface area contributed by atoms with E-state index in [4.69, 9.17) is 4.74 Å². The molecule has 4 heteroatoms. The number of ether oxygens (including phenoxy) is 1. The Morgan fingerprint density at radius 1 is 0.946 bits per heavy atom. The Hall–Kier alpha value is -2.95. The lowest BCUT2D eigenvalue weighted by Crippen LogP contribution is -2.34. The van der Waals surface area contributed by atoms with Crippen LogP contribution in [0.15, 0.2) is 61.2 Å². The van der Waals surface area contributed by atoms with Gasteiger partial charge in [0.25, 0.3) is 0 Å². The molecule has 0 aliphatic carbocycles. The summed E-state index contributed by atoms with van der Waals surface area (Å²) in [6.07, 6.45) is 3.07. The average molecular weight is 511 g/mol. The normalized spacial score (nSPS) is 14.8. The van der Waals surface area contributed by atoms with Crippen LogP contribution in [0, 0.1) is 20.8 Å². The SMILES string of the molecule is C=C(C)Cc1c(C)c2c(c(C)c1-c1ccc(C)cc1)-c1cc(C(=C)N3CCOCC3)ccc1CN2SC. The Morgan fingerprint density at radius 3 is 2.30 bits per heavy atom. The molecular formula is C33H38N2OS. The molecule has 0 aromatic heterocycles. The van der Waals surface area contributed by atoms with Crippen LogP contribution in [0.5, 0.6) is 0 Å². The van der Waals surface area contributed by atoms with Gasteiger partial charge in [0.15, 0.2) is 0 Å². The minimum absolute atomic E-state index is 0.763. The van der Waals surface area contributed by atoms with Crippen LogP contribution in [0.3, 0.4) is 0 Å². The van der Waals surface area contributed by atoms with E-state index in [1.165, 1.54) is 66.9 Å². The lowest BCUT2D eigenvalue weighted by molar-refractivity contribution is 0.0641. The highest BCUT2D eigenvalue weighted by molar-refractivity contribution is 7.99. The molecule has 5 rings (SSSR count). The zero-order valence-electron chi connectivity index (χ0n) is 22.9. The van der Waals surface area contributed by atoms with E-state index in [2.05, 4.69) is 98.8 Å². The second kappa shape index (κ2) is 10.4. The largest absolute Gasteiger partial charge is 0.378 e. The number of hydrogen-bond donors (Lipinski definition) is 0. The van der Waals surface area contributed by atoms with E-state index in [1.807, 2.05) is 11.9 Å². The first kappa shape index (κ1) is 25.7. The second-order valence-corrected chi connectivity index (χ2v) is 11.3. The maximum absolute atomic E-state index is 5.58. The van der Waals surface area contributed by atoms with E-state index in [0.29, 0.717) is 0 Å². The zero-order chi connectivity index (χ0) is 26.3. The van der Waals surface area contributed by atoms with Crippen LogP contribution in [0.2, 0.25) is 0 Å². The van der Waals surface area contributed by atoms with Crippen LogP contribution in [-0.2, 0) is 17.7 Å².